The van der Waals surface area contributed by atoms with E-state index in [1.54, 1.807) is 0 Å². The number of nitrogens with zero attached hydrogens (tertiary/aromatic N) is 2. The van der Waals surface area contributed by atoms with Gasteiger partial charge in [0.05, 0.1) is 22.1 Å². The first kappa shape index (κ1) is 32.0. The van der Waals surface area contributed by atoms with E-state index in [-0.39, 0.29) is 0 Å². The van der Waals surface area contributed by atoms with E-state index < -0.39 is 0 Å². The molecule has 0 spiro atoms. The molecule has 2 heteroatoms. The van der Waals surface area contributed by atoms with Crippen LogP contribution >= 0.6 is 0 Å². The van der Waals surface area contributed by atoms with Crippen molar-refractivity contribution in [2.24, 2.45) is 0 Å². The fourth-order valence-corrected chi connectivity index (χ4v) is 8.63. The van der Waals surface area contributed by atoms with Crippen molar-refractivity contribution in [1.29, 1.82) is 0 Å². The van der Waals surface area contributed by atoms with Gasteiger partial charge in [-0.05, 0) is 105 Å². The summed E-state index contributed by atoms with van der Waals surface area (Å²) >= 11 is 0. The van der Waals surface area contributed by atoms with Crippen molar-refractivity contribution in [3.05, 3.63) is 218 Å². The Bertz CT molecular complexity index is 3220. The summed E-state index contributed by atoms with van der Waals surface area (Å²) in [4.78, 5) is 0. The molecular formula is C54H36N2. The van der Waals surface area contributed by atoms with E-state index in [1.165, 1.54) is 88.1 Å². The van der Waals surface area contributed by atoms with Crippen molar-refractivity contribution in [2.45, 2.75) is 0 Å². The molecule has 0 saturated carbocycles. The molecule has 0 aliphatic rings. The number of para-hydroxylation sites is 1. The second-order valence-corrected chi connectivity index (χ2v) is 14.6. The van der Waals surface area contributed by atoms with Crippen LogP contribution in [0.4, 0.5) is 0 Å². The summed E-state index contributed by atoms with van der Waals surface area (Å²) in [7, 11) is 0. The molecule has 0 fully saturated rings. The molecule has 0 radical (unpaired) electrons. The minimum atomic E-state index is 1.15. The van der Waals surface area contributed by atoms with E-state index in [1.807, 2.05) is 0 Å². The predicted molar refractivity (Wildman–Crippen MR) is 237 cm³/mol. The first-order chi connectivity index (χ1) is 27.8. The van der Waals surface area contributed by atoms with Crippen LogP contribution in [0.25, 0.3) is 99.5 Å². The summed E-state index contributed by atoms with van der Waals surface area (Å²) in [6.07, 6.45) is 0. The van der Waals surface area contributed by atoms with Crippen molar-refractivity contribution in [3.8, 4) is 55.9 Å². The maximum atomic E-state index is 2.44. The van der Waals surface area contributed by atoms with Crippen molar-refractivity contribution in [1.82, 2.24) is 9.13 Å². The lowest BCUT2D eigenvalue weighted by molar-refractivity contribution is 1.18. The summed E-state index contributed by atoms with van der Waals surface area (Å²) in [5.41, 5.74) is 16.8. The van der Waals surface area contributed by atoms with Crippen LogP contribution < -0.4 is 0 Å². The average molecular weight is 713 g/mol. The molecule has 0 unspecified atom stereocenters. The van der Waals surface area contributed by atoms with E-state index in [2.05, 4.69) is 228 Å². The highest BCUT2D eigenvalue weighted by atomic mass is 15.0. The molecular weight excluding hydrogens is 677 g/mol. The monoisotopic (exact) mass is 712 g/mol. The summed E-state index contributed by atoms with van der Waals surface area (Å²) in [6.45, 7) is 0. The Morgan fingerprint density at radius 3 is 1.11 bits per heavy atom. The van der Waals surface area contributed by atoms with Gasteiger partial charge in [-0.15, -0.1) is 0 Å². The fourth-order valence-electron chi connectivity index (χ4n) is 8.63. The van der Waals surface area contributed by atoms with Gasteiger partial charge in [-0.3, -0.25) is 0 Å². The molecule has 11 aromatic rings. The molecule has 0 amide bonds. The van der Waals surface area contributed by atoms with Crippen molar-refractivity contribution >= 4 is 43.6 Å². The van der Waals surface area contributed by atoms with Crippen LogP contribution in [0.3, 0.4) is 0 Å². The highest BCUT2D eigenvalue weighted by Crippen LogP contribution is 2.40. The highest BCUT2D eigenvalue weighted by molar-refractivity contribution is 6.13. The van der Waals surface area contributed by atoms with E-state index in [0.29, 0.717) is 0 Å². The van der Waals surface area contributed by atoms with Crippen molar-refractivity contribution in [3.63, 3.8) is 0 Å². The molecule has 0 aliphatic heterocycles. The van der Waals surface area contributed by atoms with E-state index in [0.717, 1.165) is 11.4 Å². The predicted octanol–water partition coefficient (Wildman–Crippen LogP) is 14.5. The normalized spacial score (nSPS) is 11.6. The molecule has 56 heavy (non-hydrogen) atoms. The molecule has 0 aliphatic carbocycles. The highest BCUT2D eigenvalue weighted by Gasteiger charge is 2.17. The third-order valence-electron chi connectivity index (χ3n) is 11.3. The lowest BCUT2D eigenvalue weighted by atomic mass is 9.99. The van der Waals surface area contributed by atoms with Gasteiger partial charge in [0.1, 0.15) is 0 Å². The Morgan fingerprint density at radius 1 is 0.196 bits per heavy atom. The van der Waals surface area contributed by atoms with Crippen LogP contribution in [-0.2, 0) is 0 Å². The fraction of sp³-hybridized carbons (Fsp3) is 0. The quantitative estimate of drug-likeness (QED) is 0.162. The zero-order valence-corrected chi connectivity index (χ0v) is 30.7. The molecule has 0 saturated heterocycles. The van der Waals surface area contributed by atoms with Crippen LogP contribution in [0.2, 0.25) is 0 Å². The largest absolute Gasteiger partial charge is 0.309 e. The first-order valence-corrected chi connectivity index (χ1v) is 19.3. The van der Waals surface area contributed by atoms with Gasteiger partial charge >= 0.3 is 0 Å². The standard InChI is InChI=1S/C54H36N2/c1-4-14-37(15-5-1)40-20-12-22-45(32-40)55-51-25-11-10-24-47(51)49-34-42(27-30-52(49)55)43-28-31-53-50(35-43)48-29-26-44(39-18-8-3-9-19-39)36-54(48)56(53)46-23-13-21-41(33-46)38-16-6-2-7-17-38/h1-36H. The van der Waals surface area contributed by atoms with Gasteiger partial charge in [0, 0.05) is 32.9 Å². The second kappa shape index (κ2) is 13.2. The van der Waals surface area contributed by atoms with E-state index >= 15 is 0 Å². The smallest absolute Gasteiger partial charge is 0.0547 e. The summed E-state index contributed by atoms with van der Waals surface area (Å²) in [5.74, 6) is 0. The summed E-state index contributed by atoms with van der Waals surface area (Å²) in [6, 6.07) is 79.4. The molecule has 2 heterocycles. The zero-order valence-electron chi connectivity index (χ0n) is 30.7. The Labute approximate surface area is 325 Å². The van der Waals surface area contributed by atoms with Crippen LogP contribution in [0.1, 0.15) is 0 Å². The number of fused-ring (bicyclic) bond motifs is 6. The molecule has 262 valence electrons. The Kier molecular flexibility index (Phi) is 7.53. The van der Waals surface area contributed by atoms with Crippen LogP contribution in [0, 0.1) is 0 Å². The number of rotatable bonds is 6. The van der Waals surface area contributed by atoms with Gasteiger partial charge in [0.15, 0.2) is 0 Å². The summed E-state index contributed by atoms with van der Waals surface area (Å²) in [5, 5.41) is 4.97. The number of benzene rings is 9. The maximum absolute atomic E-state index is 2.44. The van der Waals surface area contributed by atoms with Gasteiger partial charge in [-0.2, -0.15) is 0 Å². The van der Waals surface area contributed by atoms with Crippen LogP contribution in [0.15, 0.2) is 218 Å². The van der Waals surface area contributed by atoms with E-state index in [9.17, 15) is 0 Å². The molecule has 9 aromatic carbocycles. The molecule has 0 atom stereocenters. The van der Waals surface area contributed by atoms with Gasteiger partial charge < -0.3 is 9.13 Å². The Hall–Kier alpha value is -7.42. The third-order valence-corrected chi connectivity index (χ3v) is 11.3. The maximum Gasteiger partial charge on any atom is 0.0547 e. The van der Waals surface area contributed by atoms with Gasteiger partial charge in [-0.25, -0.2) is 0 Å². The number of aromatic nitrogens is 2. The first-order valence-electron chi connectivity index (χ1n) is 19.3. The molecule has 2 nitrogen and oxygen atoms in total. The third kappa shape index (κ3) is 5.34. The van der Waals surface area contributed by atoms with Crippen LogP contribution in [0.5, 0.6) is 0 Å². The lowest BCUT2D eigenvalue weighted by Gasteiger charge is -2.12. The zero-order chi connectivity index (χ0) is 37.0. The lowest BCUT2D eigenvalue weighted by Crippen LogP contribution is -1.95. The number of hydrogen-bond donors (Lipinski definition) is 0. The van der Waals surface area contributed by atoms with Gasteiger partial charge in [-0.1, -0.05) is 158 Å². The van der Waals surface area contributed by atoms with Crippen LogP contribution in [-0.4, -0.2) is 9.13 Å². The molecule has 0 bridgehead atoms. The Balaban J connectivity index is 1.08. The van der Waals surface area contributed by atoms with Crippen molar-refractivity contribution in [2.75, 3.05) is 0 Å². The minimum Gasteiger partial charge on any atom is -0.309 e. The summed E-state index contributed by atoms with van der Waals surface area (Å²) < 4.78 is 4.85. The minimum absolute atomic E-state index is 1.15. The van der Waals surface area contributed by atoms with E-state index in [4.69, 9.17) is 0 Å². The molecule has 11 rings (SSSR count). The molecule has 2 aromatic heterocycles. The Morgan fingerprint density at radius 2 is 0.571 bits per heavy atom. The van der Waals surface area contributed by atoms with Gasteiger partial charge in [0.2, 0.25) is 0 Å². The topological polar surface area (TPSA) is 9.86 Å². The van der Waals surface area contributed by atoms with Crippen molar-refractivity contribution < 1.29 is 0 Å². The number of hydrogen-bond acceptors (Lipinski definition) is 0. The molecule has 0 N–H and O–H groups in total. The van der Waals surface area contributed by atoms with Gasteiger partial charge in [0.25, 0.3) is 0 Å². The SMILES string of the molecule is c1ccc(-c2cccc(-n3c4ccccc4c4cc(-c5ccc6c(c5)c5ccc(-c7ccccc7)cc5n6-c5cccc(-c6ccccc6)c5)ccc43)c2)cc1. The second-order valence-electron chi connectivity index (χ2n) is 14.6. The average Bonchev–Trinajstić information content (AvgIpc) is 3.79.